The molecule has 2 aliphatic heterocycles. The van der Waals surface area contributed by atoms with E-state index in [0.717, 1.165) is 12.8 Å². The van der Waals surface area contributed by atoms with Crippen LogP contribution >= 0.6 is 0 Å². The van der Waals surface area contributed by atoms with E-state index in [0.29, 0.717) is 13.2 Å². The number of amides is 1. The Morgan fingerprint density at radius 3 is 3.23 bits per heavy atom. The van der Waals surface area contributed by atoms with Crippen molar-refractivity contribution >= 4 is 6.09 Å². The van der Waals surface area contributed by atoms with E-state index in [1.54, 1.807) is 4.90 Å². The molecule has 0 aliphatic carbocycles. The van der Waals surface area contributed by atoms with E-state index in [1.165, 1.54) is 0 Å². The molecule has 2 atom stereocenters. The molecule has 0 aromatic rings. The van der Waals surface area contributed by atoms with E-state index in [-0.39, 0.29) is 18.2 Å². The Morgan fingerprint density at radius 2 is 2.46 bits per heavy atom. The van der Waals surface area contributed by atoms with Crippen molar-refractivity contribution in [1.29, 1.82) is 0 Å². The maximum Gasteiger partial charge on any atom is 0.410 e. The molecule has 0 unspecified atom stereocenters. The molecule has 2 aliphatic rings. The molecule has 2 saturated heterocycles. The van der Waals surface area contributed by atoms with Gasteiger partial charge in [-0.25, -0.2) is 4.79 Å². The summed E-state index contributed by atoms with van der Waals surface area (Å²) in [4.78, 5) is 15.5. The van der Waals surface area contributed by atoms with Gasteiger partial charge in [0.25, 0.3) is 0 Å². The highest BCUT2D eigenvalue weighted by Crippen LogP contribution is 2.24. The summed E-state index contributed by atoms with van der Waals surface area (Å²) in [6.07, 6.45) is 1.44. The maximum atomic E-state index is 11.1. The van der Waals surface area contributed by atoms with Crippen molar-refractivity contribution in [2.45, 2.75) is 24.9 Å². The Balaban J connectivity index is 2.05. The van der Waals surface area contributed by atoms with Gasteiger partial charge in [0.05, 0.1) is 12.1 Å². The minimum Gasteiger partial charge on any atom is -0.447 e. The van der Waals surface area contributed by atoms with Gasteiger partial charge in [0, 0.05) is 11.5 Å². The molecular formula is C7H10N4O2. The minimum atomic E-state index is -0.275. The molecule has 13 heavy (non-hydrogen) atoms. The predicted molar refractivity (Wildman–Crippen MR) is 44.0 cm³/mol. The molecule has 0 radical (unpaired) electrons. The lowest BCUT2D eigenvalue weighted by molar-refractivity contribution is 0.151. The number of nitrogens with zero attached hydrogens (tertiary/aromatic N) is 4. The number of cyclic esters (lactones) is 1. The number of azide groups is 1. The summed E-state index contributed by atoms with van der Waals surface area (Å²) in [6.45, 7) is 0.995. The van der Waals surface area contributed by atoms with E-state index in [4.69, 9.17) is 10.3 Å². The topological polar surface area (TPSA) is 78.3 Å². The van der Waals surface area contributed by atoms with Gasteiger partial charge < -0.3 is 9.64 Å². The summed E-state index contributed by atoms with van der Waals surface area (Å²) in [5.41, 5.74) is 8.25. The molecule has 6 heteroatoms. The lowest BCUT2D eigenvalue weighted by atomic mass is 10.0. The molecule has 0 aromatic carbocycles. The molecule has 70 valence electrons. The van der Waals surface area contributed by atoms with Gasteiger partial charge in [0.1, 0.15) is 6.61 Å². The third-order valence-electron chi connectivity index (χ3n) is 2.53. The molecular weight excluding hydrogens is 172 g/mol. The van der Waals surface area contributed by atoms with Crippen LogP contribution < -0.4 is 0 Å². The van der Waals surface area contributed by atoms with Crippen molar-refractivity contribution in [2.24, 2.45) is 5.11 Å². The van der Waals surface area contributed by atoms with Crippen LogP contribution in [0.4, 0.5) is 4.79 Å². The average molecular weight is 182 g/mol. The molecule has 1 amide bonds. The second-order valence-corrected chi connectivity index (χ2v) is 3.32. The van der Waals surface area contributed by atoms with Crippen molar-refractivity contribution in [2.75, 3.05) is 13.2 Å². The number of ether oxygens (including phenoxy) is 1. The van der Waals surface area contributed by atoms with E-state index in [1.807, 2.05) is 0 Å². The first-order valence-electron chi connectivity index (χ1n) is 4.29. The van der Waals surface area contributed by atoms with Crippen molar-refractivity contribution in [3.05, 3.63) is 10.4 Å². The van der Waals surface area contributed by atoms with Gasteiger partial charge in [-0.15, -0.1) is 0 Å². The first-order valence-corrected chi connectivity index (χ1v) is 4.29. The van der Waals surface area contributed by atoms with Crippen LogP contribution in [0.1, 0.15) is 12.8 Å². The van der Waals surface area contributed by atoms with Crippen LogP contribution in [0.2, 0.25) is 0 Å². The van der Waals surface area contributed by atoms with Crippen LogP contribution in [0.15, 0.2) is 5.11 Å². The molecule has 0 aromatic heterocycles. The van der Waals surface area contributed by atoms with Gasteiger partial charge in [-0.05, 0) is 18.4 Å². The summed E-state index contributed by atoms with van der Waals surface area (Å²) in [5, 5.41) is 3.61. The highest BCUT2D eigenvalue weighted by atomic mass is 16.6. The van der Waals surface area contributed by atoms with Crippen LogP contribution in [-0.4, -0.2) is 36.2 Å². The standard InChI is InChI=1S/C7H10N4O2/c8-10-9-5-1-2-6-4-13-7(12)11(6)3-5/h5-6H,1-4H2/t5-,6-/m1/s1. The van der Waals surface area contributed by atoms with Crippen molar-refractivity contribution < 1.29 is 9.53 Å². The highest BCUT2D eigenvalue weighted by molar-refractivity contribution is 5.70. The van der Waals surface area contributed by atoms with Gasteiger partial charge in [0.15, 0.2) is 0 Å². The Kier molecular flexibility index (Phi) is 1.98. The van der Waals surface area contributed by atoms with Gasteiger partial charge >= 0.3 is 6.09 Å². The maximum absolute atomic E-state index is 11.1. The van der Waals surface area contributed by atoms with E-state index >= 15 is 0 Å². The zero-order chi connectivity index (χ0) is 9.26. The van der Waals surface area contributed by atoms with Crippen LogP contribution in [0.3, 0.4) is 0 Å². The van der Waals surface area contributed by atoms with Crippen LogP contribution in [-0.2, 0) is 4.74 Å². The SMILES string of the molecule is [N-]=[N+]=N[C@@H]1CC[C@@H]2COC(=O)N2C1. The third-order valence-corrected chi connectivity index (χ3v) is 2.53. The zero-order valence-electron chi connectivity index (χ0n) is 7.09. The number of carbonyl (C=O) groups excluding carboxylic acids is 1. The Hall–Kier alpha value is -1.42. The quantitative estimate of drug-likeness (QED) is 0.348. The molecule has 0 N–H and O–H groups in total. The summed E-state index contributed by atoms with van der Waals surface area (Å²) >= 11 is 0. The largest absolute Gasteiger partial charge is 0.447 e. The summed E-state index contributed by atoms with van der Waals surface area (Å²) in [6, 6.07) is 0.129. The highest BCUT2D eigenvalue weighted by Gasteiger charge is 2.37. The Labute approximate surface area is 75.1 Å². The van der Waals surface area contributed by atoms with Crippen LogP contribution in [0.5, 0.6) is 0 Å². The molecule has 0 bridgehead atoms. The van der Waals surface area contributed by atoms with Gasteiger partial charge in [-0.2, -0.15) is 0 Å². The van der Waals surface area contributed by atoms with Crippen molar-refractivity contribution in [3.63, 3.8) is 0 Å². The van der Waals surface area contributed by atoms with Crippen molar-refractivity contribution in [3.8, 4) is 0 Å². The second kappa shape index (κ2) is 3.14. The normalized spacial score (nSPS) is 32.0. The van der Waals surface area contributed by atoms with E-state index < -0.39 is 0 Å². The summed E-state index contributed by atoms with van der Waals surface area (Å²) < 4.78 is 4.88. The monoisotopic (exact) mass is 182 g/mol. The molecule has 2 fully saturated rings. The molecule has 0 spiro atoms. The first kappa shape index (κ1) is 8.19. The summed E-state index contributed by atoms with van der Waals surface area (Å²) in [7, 11) is 0. The lowest BCUT2D eigenvalue weighted by Gasteiger charge is -2.29. The van der Waals surface area contributed by atoms with Crippen LogP contribution in [0.25, 0.3) is 10.4 Å². The van der Waals surface area contributed by atoms with Crippen molar-refractivity contribution in [1.82, 2.24) is 4.90 Å². The second-order valence-electron chi connectivity index (χ2n) is 3.32. The predicted octanol–water partition coefficient (Wildman–Crippen LogP) is 1.28. The number of piperidine rings is 1. The molecule has 2 heterocycles. The lowest BCUT2D eigenvalue weighted by Crippen LogP contribution is -2.43. The smallest absolute Gasteiger partial charge is 0.410 e. The average Bonchev–Trinajstić information content (AvgIpc) is 2.49. The fraction of sp³-hybridized carbons (Fsp3) is 0.857. The molecule has 6 nitrogen and oxygen atoms in total. The molecule has 0 saturated carbocycles. The number of hydrogen-bond donors (Lipinski definition) is 0. The van der Waals surface area contributed by atoms with Crippen LogP contribution in [0, 0.1) is 0 Å². The number of rotatable bonds is 1. The Bertz CT molecular complexity index is 274. The third kappa shape index (κ3) is 1.40. The fourth-order valence-electron chi connectivity index (χ4n) is 1.82. The van der Waals surface area contributed by atoms with E-state index in [9.17, 15) is 4.79 Å². The fourth-order valence-corrected chi connectivity index (χ4v) is 1.82. The number of fused-ring (bicyclic) bond motifs is 1. The molecule has 2 rings (SSSR count). The summed E-state index contributed by atoms with van der Waals surface area (Å²) in [5.74, 6) is 0. The van der Waals surface area contributed by atoms with Gasteiger partial charge in [0.2, 0.25) is 0 Å². The van der Waals surface area contributed by atoms with Gasteiger partial charge in [-0.3, -0.25) is 0 Å². The number of hydrogen-bond acceptors (Lipinski definition) is 3. The van der Waals surface area contributed by atoms with E-state index in [2.05, 4.69) is 10.0 Å². The Morgan fingerprint density at radius 1 is 1.62 bits per heavy atom. The first-order chi connectivity index (χ1) is 6.31. The van der Waals surface area contributed by atoms with Gasteiger partial charge in [-0.1, -0.05) is 5.11 Å². The number of carbonyl (C=O) groups is 1. The minimum absolute atomic E-state index is 0.0769. The zero-order valence-corrected chi connectivity index (χ0v) is 7.09.